The number of rotatable bonds is 3. The van der Waals surface area contributed by atoms with Gasteiger partial charge in [-0.1, -0.05) is 0 Å². The molecule has 0 aromatic heterocycles. The summed E-state index contributed by atoms with van der Waals surface area (Å²) in [6.07, 6.45) is -0.353. The number of nitrogen functional groups attached to an aromatic ring is 1. The SMILES string of the molecule is CC(C)OC(=O)c1ccc(N)cc1S(N)(=O)=O. The number of carbonyl (C=O) groups excluding carboxylic acids is 1. The van der Waals surface area contributed by atoms with Crippen LogP contribution < -0.4 is 10.9 Å². The summed E-state index contributed by atoms with van der Waals surface area (Å²) in [6, 6.07) is 3.82. The number of nitrogens with two attached hydrogens (primary N) is 2. The summed E-state index contributed by atoms with van der Waals surface area (Å²) in [5, 5.41) is 5.00. The first-order chi connectivity index (χ1) is 7.71. The number of primary sulfonamides is 1. The van der Waals surface area contributed by atoms with Crippen LogP contribution in [0.3, 0.4) is 0 Å². The molecule has 0 heterocycles. The third-order valence-corrected chi connectivity index (χ3v) is 2.83. The summed E-state index contributed by atoms with van der Waals surface area (Å²) in [4.78, 5) is 11.3. The van der Waals surface area contributed by atoms with Gasteiger partial charge >= 0.3 is 5.97 Å². The maximum Gasteiger partial charge on any atom is 0.339 e. The van der Waals surface area contributed by atoms with Crippen LogP contribution in [-0.2, 0) is 14.8 Å². The molecule has 4 N–H and O–H groups in total. The van der Waals surface area contributed by atoms with Crippen molar-refractivity contribution in [3.8, 4) is 0 Å². The van der Waals surface area contributed by atoms with E-state index >= 15 is 0 Å². The Balaban J connectivity index is 3.30. The normalized spacial score (nSPS) is 11.5. The quantitative estimate of drug-likeness (QED) is 0.605. The van der Waals surface area contributed by atoms with Gasteiger partial charge in [0.25, 0.3) is 0 Å². The van der Waals surface area contributed by atoms with Crippen molar-refractivity contribution < 1.29 is 17.9 Å². The maximum atomic E-state index is 11.7. The summed E-state index contributed by atoms with van der Waals surface area (Å²) in [6.45, 7) is 3.32. The molecule has 0 fully saturated rings. The number of ether oxygens (including phenoxy) is 1. The molecule has 0 saturated carbocycles. The third-order valence-electron chi connectivity index (χ3n) is 1.87. The van der Waals surface area contributed by atoms with E-state index in [-0.39, 0.29) is 22.3 Å². The summed E-state index contributed by atoms with van der Waals surface area (Å²) >= 11 is 0. The maximum absolute atomic E-state index is 11.7. The molecule has 17 heavy (non-hydrogen) atoms. The van der Waals surface area contributed by atoms with E-state index in [0.717, 1.165) is 6.07 Å². The Labute approximate surface area is 99.6 Å². The van der Waals surface area contributed by atoms with Gasteiger partial charge in [-0.3, -0.25) is 0 Å². The molecular formula is C10H14N2O4S. The molecule has 0 saturated heterocycles. The molecule has 0 aliphatic carbocycles. The second kappa shape index (κ2) is 4.72. The van der Waals surface area contributed by atoms with Gasteiger partial charge in [0.2, 0.25) is 10.0 Å². The fraction of sp³-hybridized carbons (Fsp3) is 0.300. The van der Waals surface area contributed by atoms with E-state index in [4.69, 9.17) is 15.6 Å². The summed E-state index contributed by atoms with van der Waals surface area (Å²) in [5.41, 5.74) is 5.54. The Morgan fingerprint density at radius 2 is 1.94 bits per heavy atom. The van der Waals surface area contributed by atoms with Gasteiger partial charge in [0.05, 0.1) is 16.6 Å². The number of esters is 1. The lowest BCUT2D eigenvalue weighted by atomic mass is 10.2. The standard InChI is InChI=1S/C10H14N2O4S/c1-6(2)16-10(13)8-4-3-7(11)5-9(8)17(12,14)15/h3-6H,11H2,1-2H3,(H2,12,14,15). The zero-order chi connectivity index (χ0) is 13.2. The molecule has 7 heteroatoms. The van der Waals surface area contributed by atoms with E-state index in [9.17, 15) is 13.2 Å². The van der Waals surface area contributed by atoms with Crippen LogP contribution in [0.2, 0.25) is 0 Å². The van der Waals surface area contributed by atoms with E-state index in [1.165, 1.54) is 12.1 Å². The molecule has 0 amide bonds. The van der Waals surface area contributed by atoms with Crippen LogP contribution in [0.15, 0.2) is 23.1 Å². The molecule has 0 bridgehead atoms. The molecule has 0 unspecified atom stereocenters. The lowest BCUT2D eigenvalue weighted by molar-refractivity contribution is 0.0373. The molecule has 0 spiro atoms. The zero-order valence-electron chi connectivity index (χ0n) is 9.51. The minimum Gasteiger partial charge on any atom is -0.459 e. The Kier molecular flexibility index (Phi) is 3.74. The van der Waals surface area contributed by atoms with Gasteiger partial charge in [-0.15, -0.1) is 0 Å². The predicted molar refractivity (Wildman–Crippen MR) is 62.8 cm³/mol. The Bertz CT molecular complexity index is 537. The second-order valence-corrected chi connectivity index (χ2v) is 5.28. The first kappa shape index (κ1) is 13.5. The summed E-state index contributed by atoms with van der Waals surface area (Å²) in [5.74, 6) is -0.746. The number of carbonyl (C=O) groups is 1. The van der Waals surface area contributed by atoms with Gasteiger partial charge < -0.3 is 10.5 Å². The van der Waals surface area contributed by atoms with Gasteiger partial charge in [0.15, 0.2) is 0 Å². The van der Waals surface area contributed by atoms with Crippen molar-refractivity contribution in [2.75, 3.05) is 5.73 Å². The topological polar surface area (TPSA) is 112 Å². The summed E-state index contributed by atoms with van der Waals surface area (Å²) < 4.78 is 27.5. The molecular weight excluding hydrogens is 244 g/mol. The lowest BCUT2D eigenvalue weighted by Gasteiger charge is -2.11. The third kappa shape index (κ3) is 3.43. The fourth-order valence-corrected chi connectivity index (χ4v) is 1.98. The Morgan fingerprint density at radius 1 is 1.35 bits per heavy atom. The van der Waals surface area contributed by atoms with Crippen molar-refractivity contribution >= 4 is 21.7 Å². The monoisotopic (exact) mass is 258 g/mol. The van der Waals surface area contributed by atoms with Crippen LogP contribution in [0.25, 0.3) is 0 Å². The van der Waals surface area contributed by atoms with Crippen LogP contribution in [0.1, 0.15) is 24.2 Å². The summed E-state index contributed by atoms with van der Waals surface area (Å²) in [7, 11) is -4.02. The molecule has 1 rings (SSSR count). The Morgan fingerprint density at radius 3 is 2.41 bits per heavy atom. The number of hydrogen-bond donors (Lipinski definition) is 2. The average Bonchev–Trinajstić information content (AvgIpc) is 2.14. The predicted octanol–water partition coefficient (Wildman–Crippen LogP) is 0.481. The fourth-order valence-electron chi connectivity index (χ4n) is 1.22. The van der Waals surface area contributed by atoms with Crippen molar-refractivity contribution in [3.05, 3.63) is 23.8 Å². The molecule has 1 aromatic carbocycles. The van der Waals surface area contributed by atoms with Crippen molar-refractivity contribution in [1.29, 1.82) is 0 Å². The van der Waals surface area contributed by atoms with Crippen molar-refractivity contribution in [2.45, 2.75) is 24.8 Å². The van der Waals surface area contributed by atoms with Crippen molar-refractivity contribution in [3.63, 3.8) is 0 Å². The van der Waals surface area contributed by atoms with E-state index in [1.54, 1.807) is 13.8 Å². The van der Waals surface area contributed by atoms with Gasteiger partial charge in [-0.05, 0) is 32.0 Å². The minimum atomic E-state index is -4.02. The van der Waals surface area contributed by atoms with E-state index in [0.29, 0.717) is 0 Å². The second-order valence-electron chi connectivity index (χ2n) is 3.75. The van der Waals surface area contributed by atoms with E-state index in [2.05, 4.69) is 0 Å². The molecule has 0 aliphatic rings. The first-order valence-electron chi connectivity index (χ1n) is 4.85. The first-order valence-corrected chi connectivity index (χ1v) is 6.39. The molecule has 94 valence electrons. The Hall–Kier alpha value is -1.60. The molecule has 0 radical (unpaired) electrons. The van der Waals surface area contributed by atoms with Crippen molar-refractivity contribution in [1.82, 2.24) is 0 Å². The molecule has 0 aliphatic heterocycles. The number of sulfonamides is 1. The van der Waals surface area contributed by atoms with Gasteiger partial charge in [0, 0.05) is 5.69 Å². The van der Waals surface area contributed by atoms with Gasteiger partial charge in [0.1, 0.15) is 0 Å². The largest absolute Gasteiger partial charge is 0.459 e. The van der Waals surface area contributed by atoms with Gasteiger partial charge in [-0.25, -0.2) is 18.4 Å². The van der Waals surface area contributed by atoms with Crippen LogP contribution in [0.5, 0.6) is 0 Å². The minimum absolute atomic E-state index is 0.115. The van der Waals surface area contributed by atoms with Gasteiger partial charge in [-0.2, -0.15) is 0 Å². The highest BCUT2D eigenvalue weighted by atomic mass is 32.2. The number of anilines is 1. The average molecular weight is 258 g/mol. The smallest absolute Gasteiger partial charge is 0.339 e. The zero-order valence-corrected chi connectivity index (χ0v) is 10.3. The molecule has 0 atom stereocenters. The number of hydrogen-bond acceptors (Lipinski definition) is 5. The van der Waals surface area contributed by atoms with Crippen LogP contribution >= 0.6 is 0 Å². The molecule has 1 aromatic rings. The highest BCUT2D eigenvalue weighted by molar-refractivity contribution is 7.89. The highest BCUT2D eigenvalue weighted by Crippen LogP contribution is 2.19. The lowest BCUT2D eigenvalue weighted by Crippen LogP contribution is -2.20. The highest BCUT2D eigenvalue weighted by Gasteiger charge is 2.21. The van der Waals surface area contributed by atoms with Crippen LogP contribution in [0, 0.1) is 0 Å². The van der Waals surface area contributed by atoms with Crippen LogP contribution in [0.4, 0.5) is 5.69 Å². The van der Waals surface area contributed by atoms with E-state index in [1.807, 2.05) is 0 Å². The van der Waals surface area contributed by atoms with Crippen LogP contribution in [-0.4, -0.2) is 20.5 Å². The number of benzene rings is 1. The van der Waals surface area contributed by atoms with Crippen molar-refractivity contribution in [2.24, 2.45) is 5.14 Å². The molecule has 6 nitrogen and oxygen atoms in total. The van der Waals surface area contributed by atoms with E-state index < -0.39 is 16.0 Å².